The average Bonchev–Trinajstić information content (AvgIpc) is 2.89. The van der Waals surface area contributed by atoms with E-state index in [4.69, 9.17) is 0 Å². The van der Waals surface area contributed by atoms with E-state index in [9.17, 15) is 4.79 Å². The zero-order valence-corrected chi connectivity index (χ0v) is 9.99. The van der Waals surface area contributed by atoms with Gasteiger partial charge in [-0.2, -0.15) is 0 Å². The average molecular weight is 242 g/mol. The monoisotopic (exact) mass is 242 g/mol. The molecule has 1 aliphatic rings. The number of rotatable bonds is 2. The van der Waals surface area contributed by atoms with Crippen LogP contribution in [0.5, 0.6) is 0 Å². The molecular formula is C13H14N4O. The molecule has 1 aromatic heterocycles. The number of benzene rings is 1. The number of nitrogens with zero attached hydrogens (tertiary/aromatic N) is 4. The summed E-state index contributed by atoms with van der Waals surface area (Å²) in [5.74, 6) is 0.918. The Morgan fingerprint density at radius 2 is 2.00 bits per heavy atom. The van der Waals surface area contributed by atoms with E-state index in [0.717, 1.165) is 24.8 Å². The molecular weight excluding hydrogens is 228 g/mol. The van der Waals surface area contributed by atoms with Crippen molar-refractivity contribution in [2.24, 2.45) is 0 Å². The van der Waals surface area contributed by atoms with Gasteiger partial charge in [0.15, 0.2) is 11.6 Å². The Morgan fingerprint density at radius 1 is 1.17 bits per heavy atom. The molecule has 1 aliphatic carbocycles. The Bertz CT molecular complexity index is 549. The highest BCUT2D eigenvalue weighted by Crippen LogP contribution is 2.27. The van der Waals surface area contributed by atoms with Gasteiger partial charge in [0.05, 0.1) is 0 Å². The van der Waals surface area contributed by atoms with Gasteiger partial charge in [-0.3, -0.25) is 4.79 Å². The minimum Gasteiger partial charge on any atom is -0.297 e. The summed E-state index contributed by atoms with van der Waals surface area (Å²) in [6.07, 6.45) is 3.52. The van der Waals surface area contributed by atoms with E-state index < -0.39 is 0 Å². The summed E-state index contributed by atoms with van der Waals surface area (Å²) in [4.78, 5) is 12.0. The van der Waals surface area contributed by atoms with Crippen LogP contribution in [0.15, 0.2) is 30.3 Å². The van der Waals surface area contributed by atoms with Crippen molar-refractivity contribution in [1.82, 2.24) is 20.2 Å². The molecule has 1 heterocycles. The van der Waals surface area contributed by atoms with Crippen molar-refractivity contribution in [1.29, 1.82) is 0 Å². The van der Waals surface area contributed by atoms with E-state index in [1.54, 1.807) is 4.68 Å². The molecule has 0 bridgehead atoms. The molecule has 0 spiro atoms. The maximum absolute atomic E-state index is 12.0. The molecule has 0 N–H and O–H groups in total. The minimum absolute atomic E-state index is 0.191. The molecule has 3 rings (SSSR count). The lowest BCUT2D eigenvalue weighted by Crippen LogP contribution is -2.24. The largest absolute Gasteiger partial charge is 0.297 e. The van der Waals surface area contributed by atoms with Gasteiger partial charge in [-0.25, -0.2) is 4.68 Å². The van der Waals surface area contributed by atoms with Crippen LogP contribution in [-0.2, 0) is 4.79 Å². The standard InChI is InChI=1S/C13H14N4O/c18-12-9-5-4-8-11(12)17-13(14-15-16-17)10-6-2-1-3-7-10/h1-3,6-7,11H,4-5,8-9H2. The van der Waals surface area contributed by atoms with Crippen molar-refractivity contribution in [3.63, 3.8) is 0 Å². The topological polar surface area (TPSA) is 60.7 Å². The summed E-state index contributed by atoms with van der Waals surface area (Å²) < 4.78 is 1.68. The van der Waals surface area contributed by atoms with E-state index in [1.165, 1.54) is 0 Å². The van der Waals surface area contributed by atoms with Crippen LogP contribution in [0.4, 0.5) is 0 Å². The van der Waals surface area contributed by atoms with Crippen molar-refractivity contribution < 1.29 is 4.79 Å². The molecule has 0 amide bonds. The van der Waals surface area contributed by atoms with Crippen LogP contribution in [0.1, 0.15) is 31.7 Å². The van der Waals surface area contributed by atoms with Crippen molar-refractivity contribution in [2.45, 2.75) is 31.7 Å². The Labute approximate surface area is 105 Å². The van der Waals surface area contributed by atoms with Gasteiger partial charge in [-0.1, -0.05) is 36.8 Å². The van der Waals surface area contributed by atoms with Gasteiger partial charge in [-0.15, -0.1) is 5.10 Å². The molecule has 18 heavy (non-hydrogen) atoms. The van der Waals surface area contributed by atoms with Crippen LogP contribution in [0.2, 0.25) is 0 Å². The molecule has 0 saturated heterocycles. The van der Waals surface area contributed by atoms with E-state index in [-0.39, 0.29) is 11.8 Å². The first-order chi connectivity index (χ1) is 8.86. The molecule has 1 atom stereocenters. The number of carbonyl (C=O) groups is 1. The van der Waals surface area contributed by atoms with Crippen LogP contribution in [-0.4, -0.2) is 26.0 Å². The van der Waals surface area contributed by atoms with E-state index in [2.05, 4.69) is 15.5 Å². The first-order valence-electron chi connectivity index (χ1n) is 6.22. The van der Waals surface area contributed by atoms with E-state index in [0.29, 0.717) is 12.2 Å². The molecule has 2 aromatic rings. The third-order valence-electron chi connectivity index (χ3n) is 3.34. The summed E-state index contributed by atoms with van der Waals surface area (Å²) in [7, 11) is 0. The Balaban J connectivity index is 1.99. The zero-order chi connectivity index (χ0) is 12.4. The van der Waals surface area contributed by atoms with E-state index in [1.807, 2.05) is 30.3 Å². The lowest BCUT2D eigenvalue weighted by Gasteiger charge is -2.21. The van der Waals surface area contributed by atoms with Gasteiger partial charge in [0.25, 0.3) is 0 Å². The number of aromatic nitrogens is 4. The smallest absolute Gasteiger partial charge is 0.182 e. The summed E-state index contributed by atoms with van der Waals surface area (Å²) in [5, 5.41) is 11.8. The van der Waals surface area contributed by atoms with Gasteiger partial charge in [0, 0.05) is 12.0 Å². The fourth-order valence-corrected chi connectivity index (χ4v) is 2.40. The first kappa shape index (κ1) is 11.1. The molecule has 1 saturated carbocycles. The molecule has 1 unspecified atom stereocenters. The zero-order valence-electron chi connectivity index (χ0n) is 9.99. The van der Waals surface area contributed by atoms with Crippen LogP contribution < -0.4 is 0 Å². The molecule has 5 heteroatoms. The van der Waals surface area contributed by atoms with Gasteiger partial charge < -0.3 is 0 Å². The van der Waals surface area contributed by atoms with Crippen molar-refractivity contribution >= 4 is 5.78 Å². The van der Waals surface area contributed by atoms with Gasteiger partial charge in [0.2, 0.25) is 0 Å². The lowest BCUT2D eigenvalue weighted by molar-refractivity contribution is -0.124. The van der Waals surface area contributed by atoms with Gasteiger partial charge >= 0.3 is 0 Å². The van der Waals surface area contributed by atoms with Crippen molar-refractivity contribution in [3.8, 4) is 11.4 Å². The third kappa shape index (κ3) is 1.92. The van der Waals surface area contributed by atoms with Crippen molar-refractivity contribution in [3.05, 3.63) is 30.3 Å². The van der Waals surface area contributed by atoms with Gasteiger partial charge in [-0.05, 0) is 23.3 Å². The van der Waals surface area contributed by atoms with Crippen LogP contribution in [0.3, 0.4) is 0 Å². The number of tetrazole rings is 1. The predicted molar refractivity (Wildman–Crippen MR) is 65.8 cm³/mol. The first-order valence-corrected chi connectivity index (χ1v) is 6.22. The fraction of sp³-hybridized carbons (Fsp3) is 0.385. The highest BCUT2D eigenvalue weighted by atomic mass is 16.1. The Morgan fingerprint density at radius 3 is 2.78 bits per heavy atom. The predicted octanol–water partition coefficient (Wildman–Crippen LogP) is 2.02. The number of hydrogen-bond donors (Lipinski definition) is 0. The number of Topliss-reactive ketones (excluding diaryl/α,β-unsaturated/α-hetero) is 1. The fourth-order valence-electron chi connectivity index (χ4n) is 2.40. The molecule has 0 aliphatic heterocycles. The Kier molecular flexibility index (Phi) is 2.88. The number of hydrogen-bond acceptors (Lipinski definition) is 4. The number of ketones is 1. The van der Waals surface area contributed by atoms with Crippen LogP contribution in [0, 0.1) is 0 Å². The summed E-state index contributed by atoms with van der Waals surface area (Å²) in [6, 6.07) is 9.55. The maximum Gasteiger partial charge on any atom is 0.182 e. The second-order valence-electron chi connectivity index (χ2n) is 4.54. The van der Waals surface area contributed by atoms with E-state index >= 15 is 0 Å². The third-order valence-corrected chi connectivity index (χ3v) is 3.34. The molecule has 0 radical (unpaired) electrons. The SMILES string of the molecule is O=C1CCCCC1n1nnnc1-c1ccccc1. The minimum atomic E-state index is -0.191. The molecule has 1 aromatic carbocycles. The highest BCUT2D eigenvalue weighted by Gasteiger charge is 2.27. The second kappa shape index (κ2) is 4.68. The molecule has 1 fully saturated rings. The van der Waals surface area contributed by atoms with Gasteiger partial charge in [0.1, 0.15) is 6.04 Å². The summed E-state index contributed by atoms with van der Waals surface area (Å²) in [6.45, 7) is 0. The summed E-state index contributed by atoms with van der Waals surface area (Å²) in [5.41, 5.74) is 0.945. The molecule has 92 valence electrons. The second-order valence-corrected chi connectivity index (χ2v) is 4.54. The van der Waals surface area contributed by atoms with Crippen LogP contribution >= 0.6 is 0 Å². The summed E-state index contributed by atoms with van der Waals surface area (Å²) >= 11 is 0. The van der Waals surface area contributed by atoms with Crippen molar-refractivity contribution in [2.75, 3.05) is 0 Å². The quantitative estimate of drug-likeness (QED) is 0.808. The maximum atomic E-state index is 12.0. The normalized spacial score (nSPS) is 20.0. The number of carbonyl (C=O) groups excluding carboxylic acids is 1. The van der Waals surface area contributed by atoms with Crippen LogP contribution in [0.25, 0.3) is 11.4 Å². The molecule has 5 nitrogen and oxygen atoms in total. The Hall–Kier alpha value is -2.04. The lowest BCUT2D eigenvalue weighted by atomic mass is 9.94. The highest BCUT2D eigenvalue weighted by molar-refractivity contribution is 5.83.